The smallest absolute Gasteiger partial charge is 0.306 e. The van der Waals surface area contributed by atoms with Crippen LogP contribution in [-0.2, 0) is 15.8 Å². The second-order valence-corrected chi connectivity index (χ2v) is 7.77. The summed E-state index contributed by atoms with van der Waals surface area (Å²) in [6.07, 6.45) is 3.15. The molecule has 0 saturated carbocycles. The molecule has 0 saturated heterocycles. The summed E-state index contributed by atoms with van der Waals surface area (Å²) in [5.74, 6) is -1.50. The van der Waals surface area contributed by atoms with Gasteiger partial charge >= 0.3 is 5.97 Å². The van der Waals surface area contributed by atoms with Gasteiger partial charge in [-0.2, -0.15) is 0 Å². The molecule has 0 aromatic heterocycles. The van der Waals surface area contributed by atoms with Crippen LogP contribution in [0, 0.1) is 5.92 Å². The van der Waals surface area contributed by atoms with Crippen molar-refractivity contribution in [2.24, 2.45) is 11.7 Å². The third kappa shape index (κ3) is 6.09. The molecule has 0 aliphatic rings. The van der Waals surface area contributed by atoms with Crippen molar-refractivity contribution >= 4 is 14.0 Å². The summed E-state index contributed by atoms with van der Waals surface area (Å²) in [6.45, 7) is 2.12. The van der Waals surface area contributed by atoms with Gasteiger partial charge in [0.25, 0.3) is 0 Å². The van der Waals surface area contributed by atoms with Gasteiger partial charge in [0.05, 0.1) is 5.92 Å². The van der Waals surface area contributed by atoms with Gasteiger partial charge in [0.15, 0.2) is 8.03 Å². The Balaban J connectivity index is 2.69. The molecule has 1 aromatic rings. The number of hydrogen-bond acceptors (Lipinski definition) is 3. The Morgan fingerprint density at radius 3 is 2.48 bits per heavy atom. The van der Waals surface area contributed by atoms with E-state index in [1.807, 2.05) is 37.3 Å². The fourth-order valence-electron chi connectivity index (χ4n) is 3.03. The largest absolute Gasteiger partial charge is 0.481 e. The number of carboxylic acid groups (broad SMARTS) is 1. The van der Waals surface area contributed by atoms with Crippen LogP contribution in [0.5, 0.6) is 0 Å². The SMILES string of the molecule is CCC(CCN)(CC(CCCc1ccccc1)C(=O)O)[PH](=O)O. The number of nitrogens with two attached hydrogens (primary N) is 1. The molecule has 0 aliphatic carbocycles. The van der Waals surface area contributed by atoms with Gasteiger partial charge < -0.3 is 15.7 Å². The third-order valence-electron chi connectivity index (χ3n) is 4.60. The highest BCUT2D eigenvalue weighted by Crippen LogP contribution is 2.46. The lowest BCUT2D eigenvalue weighted by Gasteiger charge is -2.32. The summed E-state index contributed by atoms with van der Waals surface area (Å²) in [6, 6.07) is 9.92. The summed E-state index contributed by atoms with van der Waals surface area (Å²) in [7, 11) is -2.84. The number of hydrogen-bond donors (Lipinski definition) is 3. The van der Waals surface area contributed by atoms with Crippen LogP contribution in [-0.4, -0.2) is 27.7 Å². The van der Waals surface area contributed by atoms with Gasteiger partial charge in [0.1, 0.15) is 0 Å². The Bertz CT molecular complexity index is 509. The van der Waals surface area contributed by atoms with Crippen molar-refractivity contribution in [3.05, 3.63) is 35.9 Å². The minimum Gasteiger partial charge on any atom is -0.481 e. The molecular weight excluding hydrogens is 313 g/mol. The van der Waals surface area contributed by atoms with Crippen molar-refractivity contribution in [1.82, 2.24) is 0 Å². The fraction of sp³-hybridized carbons (Fsp3) is 0.588. The summed E-state index contributed by atoms with van der Waals surface area (Å²) < 4.78 is 11.8. The number of aryl methyl sites for hydroxylation is 1. The van der Waals surface area contributed by atoms with Crippen LogP contribution in [0.2, 0.25) is 0 Å². The van der Waals surface area contributed by atoms with E-state index < -0.39 is 25.1 Å². The average molecular weight is 341 g/mol. The van der Waals surface area contributed by atoms with Crippen molar-refractivity contribution in [3.63, 3.8) is 0 Å². The zero-order valence-corrected chi connectivity index (χ0v) is 14.7. The van der Waals surface area contributed by atoms with E-state index in [1.54, 1.807) is 0 Å². The van der Waals surface area contributed by atoms with Crippen molar-refractivity contribution in [2.75, 3.05) is 6.54 Å². The van der Waals surface area contributed by atoms with Crippen molar-refractivity contribution < 1.29 is 19.4 Å². The minimum absolute atomic E-state index is 0.221. The molecule has 0 spiro atoms. The van der Waals surface area contributed by atoms with E-state index in [0.717, 1.165) is 12.8 Å². The monoisotopic (exact) mass is 341 g/mol. The molecule has 0 aliphatic heterocycles. The van der Waals surface area contributed by atoms with Gasteiger partial charge in [-0.3, -0.25) is 9.36 Å². The molecule has 0 heterocycles. The molecule has 0 amide bonds. The number of benzene rings is 1. The molecule has 130 valence electrons. The summed E-state index contributed by atoms with van der Waals surface area (Å²) in [4.78, 5) is 21.3. The van der Waals surface area contributed by atoms with E-state index in [9.17, 15) is 19.4 Å². The zero-order valence-electron chi connectivity index (χ0n) is 13.7. The predicted molar refractivity (Wildman–Crippen MR) is 93.0 cm³/mol. The van der Waals surface area contributed by atoms with Crippen LogP contribution in [0.3, 0.4) is 0 Å². The van der Waals surface area contributed by atoms with Gasteiger partial charge in [-0.05, 0) is 50.6 Å². The van der Waals surface area contributed by atoms with E-state index in [-0.39, 0.29) is 6.42 Å². The van der Waals surface area contributed by atoms with E-state index in [1.165, 1.54) is 5.56 Å². The van der Waals surface area contributed by atoms with Crippen LogP contribution in [0.4, 0.5) is 0 Å². The Kier molecular flexibility index (Phi) is 8.53. The molecule has 1 aromatic carbocycles. The number of carboxylic acids is 1. The Morgan fingerprint density at radius 1 is 1.35 bits per heavy atom. The first-order valence-corrected chi connectivity index (χ1v) is 9.51. The van der Waals surface area contributed by atoms with Crippen LogP contribution >= 0.6 is 8.03 Å². The van der Waals surface area contributed by atoms with Gasteiger partial charge in [0.2, 0.25) is 0 Å². The molecular formula is C17H28NO4P. The highest BCUT2D eigenvalue weighted by atomic mass is 31.1. The van der Waals surface area contributed by atoms with Gasteiger partial charge in [0, 0.05) is 5.16 Å². The highest BCUT2D eigenvalue weighted by Gasteiger charge is 2.37. The maximum Gasteiger partial charge on any atom is 0.306 e. The van der Waals surface area contributed by atoms with Crippen LogP contribution in [0.25, 0.3) is 0 Å². The van der Waals surface area contributed by atoms with E-state index in [2.05, 4.69) is 0 Å². The fourth-order valence-corrected chi connectivity index (χ4v) is 4.11. The molecule has 3 unspecified atom stereocenters. The number of aliphatic carboxylic acids is 1. The second-order valence-electron chi connectivity index (χ2n) is 6.09. The molecule has 4 N–H and O–H groups in total. The predicted octanol–water partition coefficient (Wildman–Crippen LogP) is 3.06. The Morgan fingerprint density at radius 2 is 2.00 bits per heavy atom. The molecule has 23 heavy (non-hydrogen) atoms. The summed E-state index contributed by atoms with van der Waals surface area (Å²) >= 11 is 0. The van der Waals surface area contributed by atoms with Crippen LogP contribution in [0.1, 0.15) is 44.6 Å². The highest BCUT2D eigenvalue weighted by molar-refractivity contribution is 7.40. The van der Waals surface area contributed by atoms with Crippen LogP contribution in [0.15, 0.2) is 30.3 Å². The molecule has 3 atom stereocenters. The topological polar surface area (TPSA) is 101 Å². The van der Waals surface area contributed by atoms with E-state index in [4.69, 9.17) is 5.73 Å². The molecule has 6 heteroatoms. The Hall–Kier alpha value is -1.16. The maximum atomic E-state index is 11.8. The lowest BCUT2D eigenvalue weighted by molar-refractivity contribution is -0.142. The minimum atomic E-state index is -2.84. The lowest BCUT2D eigenvalue weighted by Crippen LogP contribution is -2.33. The van der Waals surface area contributed by atoms with E-state index >= 15 is 0 Å². The zero-order chi connectivity index (χ0) is 17.3. The molecule has 1 rings (SSSR count). The van der Waals surface area contributed by atoms with Gasteiger partial charge in [-0.1, -0.05) is 37.3 Å². The molecule has 0 fully saturated rings. The average Bonchev–Trinajstić information content (AvgIpc) is 2.53. The maximum absolute atomic E-state index is 11.8. The first kappa shape index (κ1) is 19.9. The molecule has 0 bridgehead atoms. The summed E-state index contributed by atoms with van der Waals surface area (Å²) in [5.41, 5.74) is 6.75. The Labute approximate surface area is 138 Å². The van der Waals surface area contributed by atoms with Crippen LogP contribution < -0.4 is 5.73 Å². The van der Waals surface area contributed by atoms with Gasteiger partial charge in [-0.25, -0.2) is 0 Å². The lowest BCUT2D eigenvalue weighted by atomic mass is 9.86. The normalized spacial score (nSPS) is 16.5. The van der Waals surface area contributed by atoms with Gasteiger partial charge in [-0.15, -0.1) is 0 Å². The van der Waals surface area contributed by atoms with Crippen molar-refractivity contribution in [2.45, 2.75) is 50.6 Å². The number of rotatable bonds is 11. The first-order chi connectivity index (χ1) is 10.9. The summed E-state index contributed by atoms with van der Waals surface area (Å²) in [5, 5.41) is 8.62. The third-order valence-corrected chi connectivity index (χ3v) is 6.32. The van der Waals surface area contributed by atoms with Crippen molar-refractivity contribution in [1.29, 1.82) is 0 Å². The number of carbonyl (C=O) groups is 1. The second kappa shape index (κ2) is 9.86. The first-order valence-electron chi connectivity index (χ1n) is 8.15. The molecule has 0 radical (unpaired) electrons. The standard InChI is InChI=1S/C17H28NO4P/c1-2-17(11-12-18,23(21)22)13-15(16(19)20)10-6-9-14-7-4-3-5-8-14/h3-5,7-8,15,23H,2,6,9-13,18H2,1H3,(H,19,20)(H,21,22). The van der Waals surface area contributed by atoms with E-state index in [0.29, 0.717) is 25.8 Å². The quantitative estimate of drug-likeness (QED) is 0.537. The van der Waals surface area contributed by atoms with Crippen molar-refractivity contribution in [3.8, 4) is 0 Å². The molecule has 5 nitrogen and oxygen atoms in total.